The summed E-state index contributed by atoms with van der Waals surface area (Å²) in [6.07, 6.45) is 0. The van der Waals surface area contributed by atoms with E-state index in [0.717, 1.165) is 17.0 Å². The average Bonchev–Trinajstić information content (AvgIpc) is 2.49. The molecule has 2 N–H and O–H groups in total. The van der Waals surface area contributed by atoms with E-state index in [0.29, 0.717) is 29.1 Å². The van der Waals surface area contributed by atoms with Gasteiger partial charge in [-0.15, -0.1) is 0 Å². The maximum Gasteiger partial charge on any atom is 0.191 e. The maximum absolute atomic E-state index is 6.15. The third kappa shape index (κ3) is 4.90. The minimum absolute atomic E-state index is 0.566. The Morgan fingerprint density at radius 3 is 2.59 bits per heavy atom. The fourth-order valence-electron chi connectivity index (χ4n) is 1.94. The van der Waals surface area contributed by atoms with Crippen LogP contribution >= 0.6 is 23.2 Å². The van der Waals surface area contributed by atoms with Gasteiger partial charge in [0.05, 0.1) is 12.2 Å². The predicted octanol–water partition coefficient (Wildman–Crippen LogP) is 3.56. The van der Waals surface area contributed by atoms with Crippen LogP contribution in [-0.4, -0.2) is 18.0 Å². The molecule has 4 nitrogen and oxygen atoms in total. The van der Waals surface area contributed by atoms with Gasteiger partial charge in [0.15, 0.2) is 5.96 Å². The van der Waals surface area contributed by atoms with Crippen LogP contribution in [0, 0.1) is 6.92 Å². The summed E-state index contributed by atoms with van der Waals surface area (Å²) in [5.41, 5.74) is 2.92. The highest BCUT2D eigenvalue weighted by Crippen LogP contribution is 2.20. The highest BCUT2D eigenvalue weighted by molar-refractivity contribution is 6.35. The van der Waals surface area contributed by atoms with E-state index >= 15 is 0 Å². The number of pyridine rings is 1. The van der Waals surface area contributed by atoms with Gasteiger partial charge in [0.25, 0.3) is 0 Å². The molecule has 0 spiro atoms. The zero-order valence-corrected chi connectivity index (χ0v) is 14.0. The SMILES string of the molecule is CN=C(NCc1cccc(C)n1)NCc1ccc(Cl)cc1Cl. The molecular formula is C16H18Cl2N4. The lowest BCUT2D eigenvalue weighted by Gasteiger charge is -2.12. The van der Waals surface area contributed by atoms with Gasteiger partial charge in [0.1, 0.15) is 0 Å². The van der Waals surface area contributed by atoms with Crippen LogP contribution in [0.3, 0.4) is 0 Å². The number of rotatable bonds is 4. The van der Waals surface area contributed by atoms with Gasteiger partial charge < -0.3 is 10.6 Å². The van der Waals surface area contributed by atoms with Crippen LogP contribution in [0.4, 0.5) is 0 Å². The van der Waals surface area contributed by atoms with Gasteiger partial charge in [-0.2, -0.15) is 0 Å². The molecule has 1 heterocycles. The Labute approximate surface area is 140 Å². The van der Waals surface area contributed by atoms with E-state index in [9.17, 15) is 0 Å². The van der Waals surface area contributed by atoms with Crippen LogP contribution in [-0.2, 0) is 13.1 Å². The first kappa shape index (κ1) is 16.6. The molecule has 0 amide bonds. The Morgan fingerprint density at radius 1 is 1.14 bits per heavy atom. The molecule has 0 aliphatic heterocycles. The molecule has 0 aliphatic carbocycles. The Bertz CT molecular complexity index is 671. The van der Waals surface area contributed by atoms with Crippen molar-refractivity contribution in [2.45, 2.75) is 20.0 Å². The molecule has 0 unspecified atom stereocenters. The molecule has 116 valence electrons. The Morgan fingerprint density at radius 2 is 1.91 bits per heavy atom. The lowest BCUT2D eigenvalue weighted by Crippen LogP contribution is -2.36. The monoisotopic (exact) mass is 336 g/mol. The molecule has 1 aromatic carbocycles. The van der Waals surface area contributed by atoms with Crippen molar-refractivity contribution in [2.24, 2.45) is 4.99 Å². The minimum Gasteiger partial charge on any atom is -0.352 e. The summed E-state index contributed by atoms with van der Waals surface area (Å²) in [6, 6.07) is 11.4. The van der Waals surface area contributed by atoms with Gasteiger partial charge in [0, 0.05) is 29.3 Å². The summed E-state index contributed by atoms with van der Waals surface area (Å²) in [7, 11) is 1.72. The van der Waals surface area contributed by atoms with Gasteiger partial charge in [-0.3, -0.25) is 9.98 Å². The summed E-state index contributed by atoms with van der Waals surface area (Å²) in [5, 5.41) is 7.70. The van der Waals surface area contributed by atoms with Gasteiger partial charge in [0.2, 0.25) is 0 Å². The quantitative estimate of drug-likeness (QED) is 0.662. The van der Waals surface area contributed by atoms with Crippen molar-refractivity contribution in [3.8, 4) is 0 Å². The molecule has 2 aromatic rings. The summed E-state index contributed by atoms with van der Waals surface area (Å²) in [6.45, 7) is 3.14. The molecule has 0 bridgehead atoms. The number of nitrogens with zero attached hydrogens (tertiary/aromatic N) is 2. The van der Waals surface area contributed by atoms with E-state index in [1.807, 2.05) is 37.3 Å². The van der Waals surface area contributed by atoms with Crippen LogP contribution in [0.25, 0.3) is 0 Å². The van der Waals surface area contributed by atoms with Crippen LogP contribution in [0.15, 0.2) is 41.4 Å². The standard InChI is InChI=1S/C16H18Cl2N4/c1-11-4-3-5-14(22-11)10-21-16(19-2)20-9-12-6-7-13(17)8-15(12)18/h3-8H,9-10H2,1-2H3,(H2,19,20,21). The van der Waals surface area contributed by atoms with Crippen molar-refractivity contribution in [3.63, 3.8) is 0 Å². The topological polar surface area (TPSA) is 49.3 Å². The van der Waals surface area contributed by atoms with E-state index < -0.39 is 0 Å². The number of aryl methyl sites for hydroxylation is 1. The fourth-order valence-corrected chi connectivity index (χ4v) is 2.41. The van der Waals surface area contributed by atoms with E-state index in [-0.39, 0.29) is 0 Å². The van der Waals surface area contributed by atoms with E-state index in [1.165, 1.54) is 0 Å². The molecule has 2 rings (SSSR count). The molecule has 0 atom stereocenters. The van der Waals surface area contributed by atoms with Crippen LogP contribution in [0.2, 0.25) is 10.0 Å². The predicted molar refractivity (Wildman–Crippen MR) is 92.5 cm³/mol. The largest absolute Gasteiger partial charge is 0.352 e. The Hall–Kier alpha value is -1.78. The molecule has 6 heteroatoms. The molecule has 0 aliphatic rings. The van der Waals surface area contributed by atoms with Gasteiger partial charge in [-0.1, -0.05) is 35.3 Å². The molecule has 0 saturated heterocycles. The summed E-state index contributed by atoms with van der Waals surface area (Å²) in [5.74, 6) is 0.689. The van der Waals surface area contributed by atoms with Crippen LogP contribution in [0.5, 0.6) is 0 Å². The van der Waals surface area contributed by atoms with Crippen LogP contribution < -0.4 is 10.6 Å². The zero-order valence-electron chi connectivity index (χ0n) is 12.5. The highest BCUT2D eigenvalue weighted by Gasteiger charge is 2.03. The first-order valence-corrected chi connectivity index (χ1v) is 7.65. The number of nitrogens with one attached hydrogen (secondary N) is 2. The van der Waals surface area contributed by atoms with Crippen molar-refractivity contribution < 1.29 is 0 Å². The molecule has 0 saturated carbocycles. The van der Waals surface area contributed by atoms with Crippen molar-refractivity contribution >= 4 is 29.2 Å². The number of hydrogen-bond acceptors (Lipinski definition) is 2. The number of halogens is 2. The van der Waals surface area contributed by atoms with Crippen molar-refractivity contribution in [1.82, 2.24) is 15.6 Å². The third-order valence-electron chi connectivity index (χ3n) is 3.07. The normalized spacial score (nSPS) is 11.4. The Balaban J connectivity index is 1.90. The molecule has 1 aromatic heterocycles. The van der Waals surface area contributed by atoms with Gasteiger partial charge in [-0.25, -0.2) is 0 Å². The third-order valence-corrected chi connectivity index (χ3v) is 3.65. The second-order valence-corrected chi connectivity index (χ2v) is 5.63. The smallest absolute Gasteiger partial charge is 0.191 e. The van der Waals surface area contributed by atoms with Crippen molar-refractivity contribution in [3.05, 3.63) is 63.4 Å². The second-order valence-electron chi connectivity index (χ2n) is 4.79. The lowest BCUT2D eigenvalue weighted by atomic mass is 10.2. The van der Waals surface area contributed by atoms with Gasteiger partial charge in [-0.05, 0) is 36.8 Å². The Kier molecular flexibility index (Phi) is 6.04. The second kappa shape index (κ2) is 8.01. The van der Waals surface area contributed by atoms with E-state index in [2.05, 4.69) is 20.6 Å². The summed E-state index contributed by atoms with van der Waals surface area (Å²) in [4.78, 5) is 8.63. The maximum atomic E-state index is 6.15. The minimum atomic E-state index is 0.566. The lowest BCUT2D eigenvalue weighted by molar-refractivity contribution is 0.792. The van der Waals surface area contributed by atoms with Crippen molar-refractivity contribution in [1.29, 1.82) is 0 Å². The average molecular weight is 337 g/mol. The molecular weight excluding hydrogens is 319 g/mol. The number of guanidine groups is 1. The number of hydrogen-bond donors (Lipinski definition) is 2. The van der Waals surface area contributed by atoms with Gasteiger partial charge >= 0.3 is 0 Å². The van der Waals surface area contributed by atoms with Crippen LogP contribution in [0.1, 0.15) is 17.0 Å². The highest BCUT2D eigenvalue weighted by atomic mass is 35.5. The first-order chi connectivity index (χ1) is 10.6. The first-order valence-electron chi connectivity index (χ1n) is 6.89. The molecule has 22 heavy (non-hydrogen) atoms. The molecule has 0 radical (unpaired) electrons. The number of aromatic nitrogens is 1. The number of benzene rings is 1. The summed E-state index contributed by atoms with van der Waals surface area (Å²) < 4.78 is 0. The van der Waals surface area contributed by atoms with E-state index in [4.69, 9.17) is 23.2 Å². The summed E-state index contributed by atoms with van der Waals surface area (Å²) >= 11 is 12.0. The van der Waals surface area contributed by atoms with Crippen molar-refractivity contribution in [2.75, 3.05) is 7.05 Å². The fraction of sp³-hybridized carbons (Fsp3) is 0.250. The zero-order chi connectivity index (χ0) is 15.9. The molecule has 0 fully saturated rings. The van der Waals surface area contributed by atoms with E-state index in [1.54, 1.807) is 13.1 Å². The number of aliphatic imine (C=N–C) groups is 1.